The number of ether oxygens (including phenoxy) is 1. The quantitative estimate of drug-likeness (QED) is 0.251. The van der Waals surface area contributed by atoms with E-state index in [9.17, 15) is 9.36 Å². The summed E-state index contributed by atoms with van der Waals surface area (Å²) in [7, 11) is -3.62. The lowest BCUT2D eigenvalue weighted by Gasteiger charge is -2.20. The Morgan fingerprint density at radius 1 is 1.00 bits per heavy atom. The Morgan fingerprint density at radius 3 is 1.86 bits per heavy atom. The van der Waals surface area contributed by atoms with Crippen LogP contribution in [0, 0.1) is 11.8 Å². The van der Waals surface area contributed by atoms with Crippen molar-refractivity contribution in [3.8, 4) is 0 Å². The molecule has 0 atom stereocenters. The molecule has 21 heavy (non-hydrogen) atoms. The molecule has 124 valence electrons. The third-order valence-corrected chi connectivity index (χ3v) is 3.48. The zero-order valence-electron chi connectivity index (χ0n) is 13.6. The van der Waals surface area contributed by atoms with Crippen molar-refractivity contribution in [2.75, 3.05) is 26.4 Å². The van der Waals surface area contributed by atoms with Crippen LogP contribution in [-0.2, 0) is 27.7 Å². The molecule has 7 heteroatoms. The highest BCUT2D eigenvalue weighted by Crippen LogP contribution is 2.49. The van der Waals surface area contributed by atoms with Crippen molar-refractivity contribution in [3.63, 3.8) is 0 Å². The maximum Gasteiger partial charge on any atom is 0.474 e. The van der Waals surface area contributed by atoms with Crippen LogP contribution in [0.5, 0.6) is 0 Å². The molecule has 0 aromatic rings. The van der Waals surface area contributed by atoms with Crippen LogP contribution in [0.3, 0.4) is 0 Å². The van der Waals surface area contributed by atoms with Gasteiger partial charge in [0, 0.05) is 5.57 Å². The van der Waals surface area contributed by atoms with E-state index < -0.39 is 13.8 Å². The Labute approximate surface area is 127 Å². The van der Waals surface area contributed by atoms with Gasteiger partial charge in [-0.05, 0) is 18.8 Å². The summed E-state index contributed by atoms with van der Waals surface area (Å²) in [4.78, 5) is 11.2. The lowest BCUT2D eigenvalue weighted by atomic mass is 10.2. The molecule has 0 spiro atoms. The van der Waals surface area contributed by atoms with Gasteiger partial charge in [-0.3, -0.25) is 13.6 Å². The van der Waals surface area contributed by atoms with E-state index in [0.29, 0.717) is 5.57 Å². The lowest BCUT2D eigenvalue weighted by Crippen LogP contribution is -2.13. The highest BCUT2D eigenvalue weighted by Gasteiger charge is 2.27. The van der Waals surface area contributed by atoms with Gasteiger partial charge in [0.2, 0.25) is 0 Å². The molecule has 0 aliphatic heterocycles. The lowest BCUT2D eigenvalue weighted by molar-refractivity contribution is -0.139. The minimum atomic E-state index is -3.62. The first-order chi connectivity index (χ1) is 9.66. The van der Waals surface area contributed by atoms with Crippen molar-refractivity contribution in [1.29, 1.82) is 0 Å². The average molecular weight is 322 g/mol. The van der Waals surface area contributed by atoms with E-state index in [1.54, 1.807) is 6.92 Å². The highest BCUT2D eigenvalue weighted by molar-refractivity contribution is 7.48. The van der Waals surface area contributed by atoms with E-state index >= 15 is 0 Å². The van der Waals surface area contributed by atoms with Crippen LogP contribution in [0.4, 0.5) is 0 Å². The summed E-state index contributed by atoms with van der Waals surface area (Å²) in [6.45, 7) is 13.2. The van der Waals surface area contributed by atoms with Gasteiger partial charge >= 0.3 is 13.8 Å². The molecule has 0 unspecified atom stereocenters. The van der Waals surface area contributed by atoms with Gasteiger partial charge < -0.3 is 4.74 Å². The molecule has 0 aromatic heterocycles. The molecule has 6 nitrogen and oxygen atoms in total. The number of esters is 1. The molecular weight excluding hydrogens is 295 g/mol. The number of phosphoric ester groups is 1. The molecule has 0 saturated carbocycles. The summed E-state index contributed by atoms with van der Waals surface area (Å²) in [5, 5.41) is 0. The third-order valence-electron chi connectivity index (χ3n) is 2.05. The van der Waals surface area contributed by atoms with Crippen LogP contribution in [0.2, 0.25) is 0 Å². The van der Waals surface area contributed by atoms with Crippen LogP contribution < -0.4 is 0 Å². The van der Waals surface area contributed by atoms with Crippen LogP contribution in [0.1, 0.15) is 34.6 Å². The SMILES string of the molecule is C=C(C)C(=O)OCCOP(=O)(OCC(C)C)OCC(C)C. The molecule has 0 amide bonds. The minimum absolute atomic E-state index is 0.0360. The monoisotopic (exact) mass is 322 g/mol. The highest BCUT2D eigenvalue weighted by atomic mass is 31.2. The molecule has 0 rings (SSSR count). The van der Waals surface area contributed by atoms with Gasteiger partial charge in [0.05, 0.1) is 19.8 Å². The van der Waals surface area contributed by atoms with E-state index in [1.165, 1.54) is 0 Å². The maximum atomic E-state index is 12.4. The second kappa shape index (κ2) is 10.1. The molecule has 0 N–H and O–H groups in total. The second-order valence-electron chi connectivity index (χ2n) is 5.58. The number of phosphoric acid groups is 1. The van der Waals surface area contributed by atoms with E-state index in [2.05, 4.69) is 6.58 Å². The molecule has 0 aliphatic rings. The first-order valence-corrected chi connectivity index (χ1v) is 8.48. The molecule has 0 heterocycles. The standard InChI is InChI=1S/C14H27O6P/c1-11(2)9-19-21(16,20-10-12(3)4)18-8-7-17-14(15)13(5)6/h11-12H,5,7-10H2,1-4,6H3. The molecular formula is C14H27O6P. The zero-order chi connectivity index (χ0) is 16.5. The summed E-state index contributed by atoms with van der Waals surface area (Å²) in [5.41, 5.74) is 0.297. The summed E-state index contributed by atoms with van der Waals surface area (Å²) >= 11 is 0. The number of rotatable bonds is 11. The Kier molecular flexibility index (Phi) is 9.79. The van der Waals surface area contributed by atoms with E-state index in [4.69, 9.17) is 18.3 Å². The predicted octanol–water partition coefficient (Wildman–Crippen LogP) is 3.58. The normalized spacial score (nSPS) is 12.0. The molecule has 0 bridgehead atoms. The van der Waals surface area contributed by atoms with Crippen molar-refractivity contribution in [3.05, 3.63) is 12.2 Å². The van der Waals surface area contributed by atoms with Gasteiger partial charge in [-0.2, -0.15) is 0 Å². The van der Waals surface area contributed by atoms with Gasteiger partial charge in [-0.15, -0.1) is 0 Å². The number of carbonyl (C=O) groups is 1. The van der Waals surface area contributed by atoms with Gasteiger partial charge in [0.25, 0.3) is 0 Å². The summed E-state index contributed by atoms with van der Waals surface area (Å²) in [6.07, 6.45) is 0. The number of carbonyl (C=O) groups excluding carboxylic acids is 1. The minimum Gasteiger partial charge on any atom is -0.460 e. The predicted molar refractivity (Wildman–Crippen MR) is 80.9 cm³/mol. The largest absolute Gasteiger partial charge is 0.474 e. The Morgan fingerprint density at radius 2 is 1.48 bits per heavy atom. The van der Waals surface area contributed by atoms with Crippen LogP contribution in [-0.4, -0.2) is 32.4 Å². The van der Waals surface area contributed by atoms with Crippen molar-refractivity contribution in [2.24, 2.45) is 11.8 Å². The van der Waals surface area contributed by atoms with E-state index in [-0.39, 0.29) is 38.3 Å². The van der Waals surface area contributed by atoms with Crippen molar-refractivity contribution in [2.45, 2.75) is 34.6 Å². The van der Waals surface area contributed by atoms with Gasteiger partial charge in [-0.1, -0.05) is 34.3 Å². The molecule has 0 radical (unpaired) electrons. The first kappa shape index (κ1) is 20.3. The number of hydrogen-bond donors (Lipinski definition) is 0. The van der Waals surface area contributed by atoms with Gasteiger partial charge in [-0.25, -0.2) is 9.36 Å². The van der Waals surface area contributed by atoms with Crippen LogP contribution >= 0.6 is 7.82 Å². The summed E-state index contributed by atoms with van der Waals surface area (Å²) in [5.74, 6) is -0.115. The second-order valence-corrected chi connectivity index (χ2v) is 7.24. The first-order valence-electron chi connectivity index (χ1n) is 7.02. The Hall–Kier alpha value is -0.680. The maximum absolute atomic E-state index is 12.4. The summed E-state index contributed by atoms with van der Waals surface area (Å²) in [6, 6.07) is 0. The smallest absolute Gasteiger partial charge is 0.460 e. The fourth-order valence-corrected chi connectivity index (χ4v) is 2.48. The van der Waals surface area contributed by atoms with Crippen molar-refractivity contribution < 1.29 is 27.7 Å². The van der Waals surface area contributed by atoms with E-state index in [0.717, 1.165) is 0 Å². The zero-order valence-corrected chi connectivity index (χ0v) is 14.5. The Bertz CT molecular complexity index is 362. The molecule has 0 aliphatic carbocycles. The van der Waals surface area contributed by atoms with Crippen molar-refractivity contribution in [1.82, 2.24) is 0 Å². The molecule has 0 aromatic carbocycles. The molecule has 0 fully saturated rings. The topological polar surface area (TPSA) is 71.1 Å². The van der Waals surface area contributed by atoms with Crippen LogP contribution in [0.15, 0.2) is 12.2 Å². The van der Waals surface area contributed by atoms with Crippen LogP contribution in [0.25, 0.3) is 0 Å². The summed E-state index contributed by atoms with van der Waals surface area (Å²) < 4.78 is 32.9. The number of hydrogen-bond acceptors (Lipinski definition) is 6. The van der Waals surface area contributed by atoms with E-state index in [1.807, 2.05) is 27.7 Å². The fourth-order valence-electron chi connectivity index (χ4n) is 0.999. The van der Waals surface area contributed by atoms with Gasteiger partial charge in [0.15, 0.2) is 0 Å². The van der Waals surface area contributed by atoms with Gasteiger partial charge in [0.1, 0.15) is 6.61 Å². The Balaban J connectivity index is 4.29. The van der Waals surface area contributed by atoms with Crippen molar-refractivity contribution >= 4 is 13.8 Å². The fraction of sp³-hybridized carbons (Fsp3) is 0.786. The molecule has 0 saturated heterocycles. The third kappa shape index (κ3) is 10.7. The average Bonchev–Trinajstić information content (AvgIpc) is 2.39.